The summed E-state index contributed by atoms with van der Waals surface area (Å²) in [6.45, 7) is 5.88. The highest BCUT2D eigenvalue weighted by Gasteiger charge is 2.18. The lowest BCUT2D eigenvalue weighted by Gasteiger charge is -2.23. The first-order valence-corrected chi connectivity index (χ1v) is 13.9. The summed E-state index contributed by atoms with van der Waals surface area (Å²) in [6.07, 6.45) is 7.67. The molecule has 1 amide bonds. The van der Waals surface area contributed by atoms with Crippen LogP contribution in [0, 0.1) is 11.7 Å². The predicted molar refractivity (Wildman–Crippen MR) is 153 cm³/mol. The quantitative estimate of drug-likeness (QED) is 0.340. The van der Waals surface area contributed by atoms with Crippen molar-refractivity contribution in [2.24, 2.45) is 5.92 Å². The molecule has 0 saturated carbocycles. The molecule has 0 aliphatic carbocycles. The number of amides is 1. The molecule has 40 heavy (non-hydrogen) atoms. The Labute approximate surface area is 237 Å². The molecule has 0 radical (unpaired) electrons. The van der Waals surface area contributed by atoms with Crippen LogP contribution in [0.1, 0.15) is 19.3 Å². The Morgan fingerprint density at radius 2 is 1.98 bits per heavy atom. The van der Waals surface area contributed by atoms with E-state index in [2.05, 4.69) is 25.5 Å². The van der Waals surface area contributed by atoms with Gasteiger partial charge >= 0.3 is 0 Å². The number of aromatic nitrogens is 2. The van der Waals surface area contributed by atoms with E-state index in [-0.39, 0.29) is 10.9 Å². The number of hydrogen-bond acceptors (Lipinski definition) is 8. The Kier molecular flexibility index (Phi) is 9.77. The maximum absolute atomic E-state index is 13.7. The lowest BCUT2D eigenvalue weighted by molar-refractivity contribution is -0.111. The number of benzene rings is 2. The Balaban J connectivity index is 1.37. The fourth-order valence-corrected chi connectivity index (χ4v) is 4.88. The molecule has 2 saturated heterocycles. The zero-order valence-corrected chi connectivity index (χ0v) is 23.0. The number of ether oxygens (including phenoxy) is 3. The van der Waals surface area contributed by atoms with Gasteiger partial charge in [0, 0.05) is 62.7 Å². The average molecular weight is 570 g/mol. The number of hydrogen-bond donors (Lipinski definition) is 2. The van der Waals surface area contributed by atoms with Crippen LogP contribution < -0.4 is 15.4 Å². The molecule has 0 bridgehead atoms. The standard InChI is InChI=1S/C29H33ClFN5O4/c30-23-15-21(4-5-24(23)31)34-29-22-16-26(35-28(37)3-1-8-36-9-2-11-38-14-10-36)27(17-25(22)32-19-33-29)40-18-20-6-12-39-13-7-20/h1,3-5,15-17,19-20H,2,6-14,18H2,(H,35,37)(H,32,33,34). The van der Waals surface area contributed by atoms with E-state index in [0.29, 0.717) is 59.5 Å². The molecular formula is C29H33ClFN5O4. The third-order valence-electron chi connectivity index (χ3n) is 6.94. The summed E-state index contributed by atoms with van der Waals surface area (Å²) in [7, 11) is 0. The minimum Gasteiger partial charge on any atom is -0.491 e. The second-order valence-corrected chi connectivity index (χ2v) is 10.3. The van der Waals surface area contributed by atoms with E-state index >= 15 is 0 Å². The summed E-state index contributed by atoms with van der Waals surface area (Å²) < 4.78 is 30.9. The van der Waals surface area contributed by atoms with Gasteiger partial charge in [-0.05, 0) is 49.4 Å². The molecule has 212 valence electrons. The summed E-state index contributed by atoms with van der Waals surface area (Å²) >= 11 is 5.96. The fraction of sp³-hybridized carbons (Fsp3) is 0.414. The first-order chi connectivity index (χ1) is 19.5. The second kappa shape index (κ2) is 13.8. The summed E-state index contributed by atoms with van der Waals surface area (Å²) in [4.78, 5) is 24.0. The van der Waals surface area contributed by atoms with Gasteiger partial charge in [-0.1, -0.05) is 17.7 Å². The third kappa shape index (κ3) is 7.66. The van der Waals surface area contributed by atoms with Crippen LogP contribution in [-0.4, -0.2) is 73.4 Å². The Bertz CT molecular complexity index is 1340. The van der Waals surface area contributed by atoms with Gasteiger partial charge in [0.1, 0.15) is 23.7 Å². The summed E-state index contributed by atoms with van der Waals surface area (Å²) in [6, 6.07) is 7.94. The number of anilines is 3. The van der Waals surface area contributed by atoms with E-state index in [1.54, 1.807) is 24.3 Å². The van der Waals surface area contributed by atoms with Gasteiger partial charge in [0.25, 0.3) is 0 Å². The smallest absolute Gasteiger partial charge is 0.248 e. The average Bonchev–Trinajstić information content (AvgIpc) is 3.24. The van der Waals surface area contributed by atoms with E-state index in [1.807, 2.05) is 6.08 Å². The Morgan fingerprint density at radius 3 is 2.83 bits per heavy atom. The maximum atomic E-state index is 13.7. The van der Waals surface area contributed by atoms with Gasteiger partial charge in [0.05, 0.1) is 29.4 Å². The number of carbonyl (C=O) groups excluding carboxylic acids is 1. The number of nitrogens with zero attached hydrogens (tertiary/aromatic N) is 3. The molecular weight excluding hydrogens is 537 g/mol. The van der Waals surface area contributed by atoms with E-state index in [1.165, 1.54) is 18.5 Å². The minimum absolute atomic E-state index is 0.000368. The molecule has 5 rings (SSSR count). The maximum Gasteiger partial charge on any atom is 0.248 e. The molecule has 3 aromatic rings. The number of carbonyl (C=O) groups is 1. The Morgan fingerprint density at radius 1 is 1.12 bits per heavy atom. The van der Waals surface area contributed by atoms with Crippen LogP contribution >= 0.6 is 11.6 Å². The van der Waals surface area contributed by atoms with Crippen molar-refractivity contribution >= 4 is 45.6 Å². The molecule has 2 aliphatic rings. The van der Waals surface area contributed by atoms with E-state index in [4.69, 9.17) is 25.8 Å². The highest BCUT2D eigenvalue weighted by molar-refractivity contribution is 6.31. The molecule has 9 nitrogen and oxygen atoms in total. The van der Waals surface area contributed by atoms with Gasteiger partial charge < -0.3 is 24.8 Å². The van der Waals surface area contributed by atoms with Crippen molar-refractivity contribution in [3.05, 3.63) is 59.7 Å². The van der Waals surface area contributed by atoms with Crippen molar-refractivity contribution in [2.75, 3.05) is 63.3 Å². The van der Waals surface area contributed by atoms with Crippen molar-refractivity contribution in [3.63, 3.8) is 0 Å². The molecule has 0 atom stereocenters. The van der Waals surface area contributed by atoms with Gasteiger partial charge in [-0.15, -0.1) is 0 Å². The van der Waals surface area contributed by atoms with Gasteiger partial charge in [-0.2, -0.15) is 0 Å². The zero-order valence-electron chi connectivity index (χ0n) is 22.2. The molecule has 2 N–H and O–H groups in total. The van der Waals surface area contributed by atoms with Crippen LogP contribution in [0.15, 0.2) is 48.8 Å². The SMILES string of the molecule is O=C(C=CCN1CCCOCC1)Nc1cc2c(Nc3ccc(F)c(Cl)c3)ncnc2cc1OCC1CCOCC1. The lowest BCUT2D eigenvalue weighted by atomic mass is 10.0. The summed E-state index contributed by atoms with van der Waals surface area (Å²) in [5.74, 6) is 0.612. The van der Waals surface area contributed by atoms with Crippen molar-refractivity contribution in [1.82, 2.24) is 14.9 Å². The van der Waals surface area contributed by atoms with Crippen LogP contribution in [0.2, 0.25) is 5.02 Å². The van der Waals surface area contributed by atoms with Crippen LogP contribution in [0.5, 0.6) is 5.75 Å². The molecule has 0 spiro atoms. The van der Waals surface area contributed by atoms with Gasteiger partial charge in [0.15, 0.2) is 0 Å². The first-order valence-electron chi connectivity index (χ1n) is 13.5. The van der Waals surface area contributed by atoms with Crippen molar-refractivity contribution in [2.45, 2.75) is 19.3 Å². The molecule has 2 aliphatic heterocycles. The molecule has 1 aromatic heterocycles. The van der Waals surface area contributed by atoms with Crippen molar-refractivity contribution in [1.29, 1.82) is 0 Å². The second-order valence-electron chi connectivity index (χ2n) is 9.87. The highest BCUT2D eigenvalue weighted by atomic mass is 35.5. The molecule has 11 heteroatoms. The van der Waals surface area contributed by atoms with Crippen LogP contribution in [-0.2, 0) is 14.3 Å². The minimum atomic E-state index is -0.506. The lowest BCUT2D eigenvalue weighted by Crippen LogP contribution is -2.26. The van der Waals surface area contributed by atoms with Gasteiger partial charge in [-0.3, -0.25) is 9.69 Å². The number of halogens is 2. The van der Waals surface area contributed by atoms with Crippen molar-refractivity contribution < 1.29 is 23.4 Å². The van der Waals surface area contributed by atoms with Crippen molar-refractivity contribution in [3.8, 4) is 5.75 Å². The predicted octanol–water partition coefficient (Wildman–Crippen LogP) is 5.19. The Hall–Kier alpha value is -3.31. The van der Waals surface area contributed by atoms with E-state index in [0.717, 1.165) is 52.2 Å². The van der Waals surface area contributed by atoms with Gasteiger partial charge in [0.2, 0.25) is 5.91 Å². The largest absolute Gasteiger partial charge is 0.491 e. The summed E-state index contributed by atoms with van der Waals surface area (Å²) in [5, 5.41) is 6.81. The first kappa shape index (κ1) is 28.2. The topological polar surface area (TPSA) is 97.8 Å². The number of nitrogens with one attached hydrogen (secondary N) is 2. The fourth-order valence-electron chi connectivity index (χ4n) is 4.70. The summed E-state index contributed by atoms with van der Waals surface area (Å²) in [5.41, 5.74) is 1.70. The monoisotopic (exact) mass is 569 g/mol. The van der Waals surface area contributed by atoms with Crippen LogP contribution in [0.25, 0.3) is 10.9 Å². The number of rotatable bonds is 9. The highest BCUT2D eigenvalue weighted by Crippen LogP contribution is 2.34. The number of fused-ring (bicyclic) bond motifs is 1. The van der Waals surface area contributed by atoms with Crippen LogP contribution in [0.4, 0.5) is 21.6 Å². The molecule has 3 heterocycles. The van der Waals surface area contributed by atoms with E-state index < -0.39 is 5.82 Å². The van der Waals surface area contributed by atoms with Crippen LogP contribution in [0.3, 0.4) is 0 Å². The third-order valence-corrected chi connectivity index (χ3v) is 7.23. The molecule has 2 fully saturated rings. The molecule has 2 aromatic carbocycles. The molecule has 0 unspecified atom stereocenters. The normalized spacial score (nSPS) is 17.1. The van der Waals surface area contributed by atoms with Gasteiger partial charge in [-0.25, -0.2) is 14.4 Å². The van der Waals surface area contributed by atoms with E-state index in [9.17, 15) is 9.18 Å². The zero-order chi connectivity index (χ0) is 27.7.